The maximum absolute atomic E-state index is 11.7. The van der Waals surface area contributed by atoms with Gasteiger partial charge in [0.15, 0.2) is 5.96 Å². The molecule has 6 heteroatoms. The number of guanidine groups is 1. The molecule has 1 heterocycles. The highest BCUT2D eigenvalue weighted by Gasteiger charge is 2.09. The standard InChI is InChI=1S/C19H26N4O2/c1-5-25-18(24)16-10-8-15(9-11-16)13-21-19(20-2)23(4)14-17-7-6-12-22(17)3/h6-12H,5,13-14H2,1-4H3,(H,20,21). The van der Waals surface area contributed by atoms with Gasteiger partial charge in [0.25, 0.3) is 0 Å². The number of carbonyl (C=O) groups excluding carboxylic acids is 1. The van der Waals surface area contributed by atoms with Crippen molar-refractivity contribution in [2.24, 2.45) is 12.0 Å². The number of rotatable bonds is 6. The lowest BCUT2D eigenvalue weighted by molar-refractivity contribution is 0.0526. The number of aromatic nitrogens is 1. The quantitative estimate of drug-likeness (QED) is 0.498. The molecule has 0 spiro atoms. The summed E-state index contributed by atoms with van der Waals surface area (Å²) in [6, 6.07) is 11.5. The molecule has 6 nitrogen and oxygen atoms in total. The Bertz CT molecular complexity index is 719. The zero-order valence-corrected chi connectivity index (χ0v) is 15.3. The summed E-state index contributed by atoms with van der Waals surface area (Å²) in [7, 11) is 5.81. The monoisotopic (exact) mass is 342 g/mol. The first kappa shape index (κ1) is 18.6. The fraction of sp³-hybridized carbons (Fsp3) is 0.368. The number of esters is 1. The van der Waals surface area contributed by atoms with Crippen LogP contribution in [0, 0.1) is 0 Å². The highest BCUT2D eigenvalue weighted by atomic mass is 16.5. The molecule has 134 valence electrons. The van der Waals surface area contributed by atoms with E-state index in [1.807, 2.05) is 38.5 Å². The lowest BCUT2D eigenvalue weighted by atomic mass is 10.1. The van der Waals surface area contributed by atoms with E-state index in [1.54, 1.807) is 26.1 Å². The van der Waals surface area contributed by atoms with Crippen LogP contribution < -0.4 is 5.32 Å². The Kier molecular flexibility index (Phi) is 6.62. The Hall–Kier alpha value is -2.76. The minimum absolute atomic E-state index is 0.292. The second-order valence-corrected chi connectivity index (χ2v) is 5.78. The molecule has 25 heavy (non-hydrogen) atoms. The van der Waals surface area contributed by atoms with E-state index in [0.717, 1.165) is 18.1 Å². The Morgan fingerprint density at radius 1 is 1.28 bits per heavy atom. The average Bonchev–Trinajstić information content (AvgIpc) is 3.01. The summed E-state index contributed by atoms with van der Waals surface area (Å²) in [5.74, 6) is 0.524. The minimum Gasteiger partial charge on any atom is -0.462 e. The smallest absolute Gasteiger partial charge is 0.338 e. The van der Waals surface area contributed by atoms with Crippen molar-refractivity contribution in [2.75, 3.05) is 20.7 Å². The number of aliphatic imine (C=N–C) groups is 1. The van der Waals surface area contributed by atoms with Crippen molar-refractivity contribution in [3.63, 3.8) is 0 Å². The fourth-order valence-electron chi connectivity index (χ4n) is 2.52. The van der Waals surface area contributed by atoms with E-state index >= 15 is 0 Å². The first-order chi connectivity index (χ1) is 12.0. The molecule has 0 aliphatic carbocycles. The first-order valence-electron chi connectivity index (χ1n) is 8.33. The topological polar surface area (TPSA) is 58.9 Å². The average molecular weight is 342 g/mol. The normalized spacial score (nSPS) is 11.3. The molecule has 0 amide bonds. The number of benzene rings is 1. The van der Waals surface area contributed by atoms with Gasteiger partial charge in [0.05, 0.1) is 18.7 Å². The predicted octanol–water partition coefficient (Wildman–Crippen LogP) is 2.41. The Morgan fingerprint density at radius 2 is 2.00 bits per heavy atom. The number of carbonyl (C=O) groups is 1. The molecule has 1 aromatic carbocycles. The highest BCUT2D eigenvalue weighted by Crippen LogP contribution is 2.07. The van der Waals surface area contributed by atoms with Crippen LogP contribution in [-0.4, -0.2) is 42.1 Å². The van der Waals surface area contributed by atoms with Gasteiger partial charge in [-0.1, -0.05) is 12.1 Å². The third-order valence-electron chi connectivity index (χ3n) is 3.94. The third-order valence-corrected chi connectivity index (χ3v) is 3.94. The van der Waals surface area contributed by atoms with E-state index < -0.39 is 0 Å². The summed E-state index contributed by atoms with van der Waals surface area (Å²) in [4.78, 5) is 18.1. The molecule has 0 aliphatic heterocycles. The van der Waals surface area contributed by atoms with Crippen molar-refractivity contribution in [1.82, 2.24) is 14.8 Å². The lowest BCUT2D eigenvalue weighted by Gasteiger charge is -2.22. The zero-order valence-electron chi connectivity index (χ0n) is 15.3. The largest absolute Gasteiger partial charge is 0.462 e. The SMILES string of the molecule is CCOC(=O)c1ccc(CNC(=NC)N(C)Cc2cccn2C)cc1. The minimum atomic E-state index is -0.292. The second kappa shape index (κ2) is 8.92. The van der Waals surface area contributed by atoms with Gasteiger partial charge in [-0.3, -0.25) is 4.99 Å². The lowest BCUT2D eigenvalue weighted by Crippen LogP contribution is -2.38. The van der Waals surface area contributed by atoms with Gasteiger partial charge in [0.2, 0.25) is 0 Å². The molecule has 0 aliphatic rings. The van der Waals surface area contributed by atoms with Gasteiger partial charge in [-0.25, -0.2) is 4.79 Å². The van der Waals surface area contributed by atoms with E-state index in [-0.39, 0.29) is 5.97 Å². The molecule has 0 bridgehead atoms. The van der Waals surface area contributed by atoms with Crippen LogP contribution in [0.4, 0.5) is 0 Å². The van der Waals surface area contributed by atoms with Crippen molar-refractivity contribution < 1.29 is 9.53 Å². The summed E-state index contributed by atoms with van der Waals surface area (Å²) in [5.41, 5.74) is 2.85. The maximum atomic E-state index is 11.7. The Morgan fingerprint density at radius 3 is 2.56 bits per heavy atom. The van der Waals surface area contributed by atoms with Crippen LogP contribution in [-0.2, 0) is 24.9 Å². The number of nitrogens with one attached hydrogen (secondary N) is 1. The van der Waals surface area contributed by atoms with E-state index in [0.29, 0.717) is 18.7 Å². The van der Waals surface area contributed by atoms with Gasteiger partial charge in [0.1, 0.15) is 0 Å². The first-order valence-corrected chi connectivity index (χ1v) is 8.33. The summed E-state index contributed by atoms with van der Waals surface area (Å²) < 4.78 is 7.09. The van der Waals surface area contributed by atoms with Crippen molar-refractivity contribution in [3.8, 4) is 0 Å². The van der Waals surface area contributed by atoms with Crippen molar-refractivity contribution >= 4 is 11.9 Å². The zero-order chi connectivity index (χ0) is 18.2. The molecule has 0 atom stereocenters. The van der Waals surface area contributed by atoms with Crippen molar-refractivity contribution in [3.05, 3.63) is 59.4 Å². The fourth-order valence-corrected chi connectivity index (χ4v) is 2.52. The van der Waals surface area contributed by atoms with E-state index in [1.165, 1.54) is 5.69 Å². The number of nitrogens with zero attached hydrogens (tertiary/aromatic N) is 3. The summed E-state index contributed by atoms with van der Waals surface area (Å²) in [6.07, 6.45) is 2.03. The van der Waals surface area contributed by atoms with E-state index in [4.69, 9.17) is 4.74 Å². The second-order valence-electron chi connectivity index (χ2n) is 5.78. The van der Waals surface area contributed by atoms with Crippen LogP contribution >= 0.6 is 0 Å². The van der Waals surface area contributed by atoms with Gasteiger partial charge >= 0.3 is 5.97 Å². The molecule has 2 rings (SSSR count). The van der Waals surface area contributed by atoms with Crippen LogP contribution in [0.5, 0.6) is 0 Å². The van der Waals surface area contributed by atoms with Gasteiger partial charge in [-0.2, -0.15) is 0 Å². The Labute approximate surface area is 149 Å². The maximum Gasteiger partial charge on any atom is 0.338 e. The van der Waals surface area contributed by atoms with Crippen LogP contribution in [0.3, 0.4) is 0 Å². The molecule has 0 saturated carbocycles. The van der Waals surface area contributed by atoms with Crippen LogP contribution in [0.2, 0.25) is 0 Å². The molecule has 1 aromatic heterocycles. The van der Waals surface area contributed by atoms with Crippen LogP contribution in [0.15, 0.2) is 47.6 Å². The van der Waals surface area contributed by atoms with Crippen molar-refractivity contribution in [2.45, 2.75) is 20.0 Å². The number of ether oxygens (including phenoxy) is 1. The third kappa shape index (κ3) is 5.11. The molecule has 2 aromatic rings. The number of hydrogen-bond donors (Lipinski definition) is 1. The predicted molar refractivity (Wildman–Crippen MR) is 99.5 cm³/mol. The Balaban J connectivity index is 1.92. The van der Waals surface area contributed by atoms with Crippen molar-refractivity contribution in [1.29, 1.82) is 0 Å². The summed E-state index contributed by atoms with van der Waals surface area (Å²) >= 11 is 0. The molecule has 1 N–H and O–H groups in total. The van der Waals surface area contributed by atoms with Gasteiger partial charge in [0, 0.05) is 39.6 Å². The summed E-state index contributed by atoms with van der Waals surface area (Å²) in [6.45, 7) is 3.58. The molecule has 0 unspecified atom stereocenters. The molecule has 0 saturated heterocycles. The molecule has 0 fully saturated rings. The molecular weight excluding hydrogens is 316 g/mol. The number of hydrogen-bond acceptors (Lipinski definition) is 3. The highest BCUT2D eigenvalue weighted by molar-refractivity contribution is 5.89. The number of aryl methyl sites for hydroxylation is 1. The van der Waals surface area contributed by atoms with Crippen LogP contribution in [0.1, 0.15) is 28.5 Å². The van der Waals surface area contributed by atoms with E-state index in [2.05, 4.69) is 25.8 Å². The van der Waals surface area contributed by atoms with Crippen LogP contribution in [0.25, 0.3) is 0 Å². The van der Waals surface area contributed by atoms with Gasteiger partial charge < -0.3 is 19.5 Å². The van der Waals surface area contributed by atoms with E-state index in [9.17, 15) is 4.79 Å². The molecular formula is C19H26N4O2. The molecule has 0 radical (unpaired) electrons. The van der Waals surface area contributed by atoms with Gasteiger partial charge in [-0.05, 0) is 36.8 Å². The summed E-state index contributed by atoms with van der Waals surface area (Å²) in [5, 5.41) is 3.34. The van der Waals surface area contributed by atoms with Gasteiger partial charge in [-0.15, -0.1) is 0 Å².